The van der Waals surface area contributed by atoms with Crippen LogP contribution in [-0.4, -0.2) is 38.8 Å². The van der Waals surface area contributed by atoms with E-state index >= 15 is 0 Å². The van der Waals surface area contributed by atoms with Crippen molar-refractivity contribution in [3.8, 4) is 0 Å². The van der Waals surface area contributed by atoms with Crippen LogP contribution in [0, 0.1) is 5.41 Å². The van der Waals surface area contributed by atoms with E-state index in [1.807, 2.05) is 6.08 Å². The van der Waals surface area contributed by atoms with E-state index in [-0.39, 0.29) is 11.3 Å². The van der Waals surface area contributed by atoms with E-state index in [1.165, 1.54) is 0 Å². The first-order valence-electron chi connectivity index (χ1n) is 6.43. The highest BCUT2D eigenvalue weighted by atomic mass is 16.5. The lowest BCUT2D eigenvalue weighted by atomic mass is 9.83. The smallest absolute Gasteiger partial charge is 0.227 e. The van der Waals surface area contributed by atoms with E-state index in [4.69, 9.17) is 4.74 Å². The zero-order valence-corrected chi connectivity index (χ0v) is 10.8. The van der Waals surface area contributed by atoms with Gasteiger partial charge in [-0.1, -0.05) is 13.0 Å². The van der Waals surface area contributed by atoms with Gasteiger partial charge in [0.15, 0.2) is 0 Å². The van der Waals surface area contributed by atoms with Gasteiger partial charge in [0, 0.05) is 13.1 Å². The van der Waals surface area contributed by atoms with Crippen LogP contribution < -0.4 is 10.6 Å². The van der Waals surface area contributed by atoms with Crippen LogP contribution in [0.1, 0.15) is 26.2 Å². The van der Waals surface area contributed by atoms with Crippen LogP contribution in [-0.2, 0) is 9.53 Å². The maximum absolute atomic E-state index is 12.1. The van der Waals surface area contributed by atoms with Crippen LogP contribution in [0.15, 0.2) is 12.7 Å². The highest BCUT2D eigenvalue weighted by molar-refractivity contribution is 5.83. The summed E-state index contributed by atoms with van der Waals surface area (Å²) < 4.78 is 5.35. The quantitative estimate of drug-likeness (QED) is 0.493. The minimum atomic E-state index is -0.193. The van der Waals surface area contributed by atoms with Crippen LogP contribution >= 0.6 is 0 Å². The van der Waals surface area contributed by atoms with Gasteiger partial charge in [-0.05, 0) is 25.8 Å². The molecule has 0 radical (unpaired) electrons. The number of rotatable bonds is 8. The molecule has 0 aromatic heterocycles. The van der Waals surface area contributed by atoms with Gasteiger partial charge in [-0.3, -0.25) is 4.79 Å². The fourth-order valence-electron chi connectivity index (χ4n) is 2.09. The van der Waals surface area contributed by atoms with Crippen molar-refractivity contribution in [2.75, 3.05) is 32.8 Å². The van der Waals surface area contributed by atoms with Crippen molar-refractivity contribution in [1.82, 2.24) is 10.6 Å². The molecule has 1 heterocycles. The Kier molecular flexibility index (Phi) is 6.22. The second-order valence-corrected chi connectivity index (χ2v) is 4.51. The number of amides is 1. The summed E-state index contributed by atoms with van der Waals surface area (Å²) in [5, 5.41) is 6.22. The zero-order chi connectivity index (χ0) is 12.6. The fraction of sp³-hybridized carbons (Fsp3) is 0.769. The lowest BCUT2D eigenvalue weighted by Gasteiger charge is -2.25. The summed E-state index contributed by atoms with van der Waals surface area (Å²) in [6.07, 6.45) is 4.52. The van der Waals surface area contributed by atoms with Gasteiger partial charge in [-0.2, -0.15) is 0 Å². The lowest BCUT2D eigenvalue weighted by Crippen LogP contribution is -2.43. The summed E-state index contributed by atoms with van der Waals surface area (Å²) in [4.78, 5) is 12.1. The number of hydrogen-bond acceptors (Lipinski definition) is 3. The van der Waals surface area contributed by atoms with E-state index in [1.54, 1.807) is 0 Å². The molecule has 0 bridgehead atoms. The lowest BCUT2D eigenvalue weighted by molar-refractivity contribution is -0.130. The Morgan fingerprint density at radius 1 is 1.59 bits per heavy atom. The molecule has 1 rings (SSSR count). The Balaban J connectivity index is 2.17. The molecule has 4 nitrogen and oxygen atoms in total. The molecule has 0 aliphatic carbocycles. The van der Waals surface area contributed by atoms with Crippen molar-refractivity contribution < 1.29 is 9.53 Å². The molecule has 0 saturated carbocycles. The first kappa shape index (κ1) is 14.2. The molecule has 1 atom stereocenters. The summed E-state index contributed by atoms with van der Waals surface area (Å²) in [5.41, 5.74) is -0.193. The minimum absolute atomic E-state index is 0.164. The molecule has 1 amide bonds. The molecule has 0 spiro atoms. The number of hydrogen-bond donors (Lipinski definition) is 2. The number of nitrogens with one attached hydrogen (secondary N) is 2. The molecular formula is C13H24N2O2. The molecule has 4 heteroatoms. The van der Waals surface area contributed by atoms with E-state index in [9.17, 15) is 4.79 Å². The van der Waals surface area contributed by atoms with Gasteiger partial charge < -0.3 is 15.4 Å². The second-order valence-electron chi connectivity index (χ2n) is 4.51. The monoisotopic (exact) mass is 240 g/mol. The average molecular weight is 240 g/mol. The predicted molar refractivity (Wildman–Crippen MR) is 68.9 cm³/mol. The summed E-state index contributed by atoms with van der Waals surface area (Å²) in [6.45, 7) is 9.29. The minimum Gasteiger partial charge on any atom is -0.379 e. The average Bonchev–Trinajstić information content (AvgIpc) is 2.83. The van der Waals surface area contributed by atoms with Crippen molar-refractivity contribution >= 4 is 5.91 Å². The van der Waals surface area contributed by atoms with Crippen molar-refractivity contribution in [2.24, 2.45) is 5.41 Å². The molecule has 1 aliphatic rings. The summed E-state index contributed by atoms with van der Waals surface area (Å²) in [5.74, 6) is 0.164. The Morgan fingerprint density at radius 3 is 3.00 bits per heavy atom. The fourth-order valence-corrected chi connectivity index (χ4v) is 2.09. The maximum Gasteiger partial charge on any atom is 0.227 e. The Bertz CT molecular complexity index is 248. The van der Waals surface area contributed by atoms with Crippen LogP contribution in [0.5, 0.6) is 0 Å². The van der Waals surface area contributed by atoms with E-state index < -0.39 is 0 Å². The number of carbonyl (C=O) groups excluding carboxylic acids is 1. The Hall–Kier alpha value is -0.870. The molecule has 0 aromatic carbocycles. The maximum atomic E-state index is 12.1. The van der Waals surface area contributed by atoms with Crippen molar-refractivity contribution in [1.29, 1.82) is 0 Å². The molecule has 1 fully saturated rings. The topological polar surface area (TPSA) is 50.4 Å². The van der Waals surface area contributed by atoms with Gasteiger partial charge in [0.2, 0.25) is 5.91 Å². The number of carbonyl (C=O) groups is 1. The van der Waals surface area contributed by atoms with Crippen LogP contribution in [0.3, 0.4) is 0 Å². The van der Waals surface area contributed by atoms with E-state index in [0.717, 1.165) is 32.4 Å². The largest absolute Gasteiger partial charge is 0.379 e. The van der Waals surface area contributed by atoms with Gasteiger partial charge in [0.05, 0.1) is 18.6 Å². The van der Waals surface area contributed by atoms with Gasteiger partial charge >= 0.3 is 0 Å². The normalized spacial score (nSPS) is 23.6. The first-order valence-corrected chi connectivity index (χ1v) is 6.43. The highest BCUT2D eigenvalue weighted by Gasteiger charge is 2.38. The van der Waals surface area contributed by atoms with E-state index in [0.29, 0.717) is 19.8 Å². The van der Waals surface area contributed by atoms with Crippen LogP contribution in [0.25, 0.3) is 0 Å². The molecule has 1 saturated heterocycles. The van der Waals surface area contributed by atoms with Crippen molar-refractivity contribution in [2.45, 2.75) is 26.2 Å². The van der Waals surface area contributed by atoms with Gasteiger partial charge in [-0.25, -0.2) is 0 Å². The molecular weight excluding hydrogens is 216 g/mol. The molecule has 17 heavy (non-hydrogen) atoms. The third kappa shape index (κ3) is 4.13. The summed E-state index contributed by atoms with van der Waals surface area (Å²) in [7, 11) is 0. The third-order valence-electron chi connectivity index (χ3n) is 3.40. The number of ether oxygens (including phenoxy) is 1. The molecule has 2 N–H and O–H groups in total. The van der Waals surface area contributed by atoms with Crippen LogP contribution in [0.4, 0.5) is 0 Å². The third-order valence-corrected chi connectivity index (χ3v) is 3.40. The zero-order valence-electron chi connectivity index (χ0n) is 10.8. The summed E-state index contributed by atoms with van der Waals surface area (Å²) in [6, 6.07) is 0. The van der Waals surface area contributed by atoms with Gasteiger partial charge in [0.1, 0.15) is 0 Å². The first-order chi connectivity index (χ1) is 8.25. The molecule has 98 valence electrons. The molecule has 1 unspecified atom stereocenters. The standard InChI is InChI=1S/C13H24N2O2/c1-3-5-9-17-10-8-15-12(16)13(4-2)6-7-14-11-13/h3,14H,1,4-11H2,2H3,(H,15,16). The van der Waals surface area contributed by atoms with Crippen molar-refractivity contribution in [3.63, 3.8) is 0 Å². The van der Waals surface area contributed by atoms with Gasteiger partial charge in [-0.15, -0.1) is 6.58 Å². The Labute approximate surface area is 104 Å². The predicted octanol–water partition coefficient (Wildman–Crippen LogP) is 1.08. The molecule has 1 aliphatic heterocycles. The molecule has 0 aromatic rings. The van der Waals surface area contributed by atoms with Crippen molar-refractivity contribution in [3.05, 3.63) is 12.7 Å². The second kappa shape index (κ2) is 7.45. The highest BCUT2D eigenvalue weighted by Crippen LogP contribution is 2.29. The van der Waals surface area contributed by atoms with Crippen LogP contribution in [0.2, 0.25) is 0 Å². The summed E-state index contributed by atoms with van der Waals surface area (Å²) >= 11 is 0. The Morgan fingerprint density at radius 2 is 2.41 bits per heavy atom. The van der Waals surface area contributed by atoms with Gasteiger partial charge in [0.25, 0.3) is 0 Å². The SMILES string of the molecule is C=CCCOCCNC(=O)C1(CC)CCNC1. The van der Waals surface area contributed by atoms with E-state index in [2.05, 4.69) is 24.1 Å².